The zero-order chi connectivity index (χ0) is 35.8. The monoisotopic (exact) mass is 683 g/mol. The van der Waals surface area contributed by atoms with Gasteiger partial charge in [0.05, 0.1) is 24.7 Å². The minimum Gasteiger partial charge on any atom is -0.497 e. The molecule has 0 bridgehead atoms. The van der Waals surface area contributed by atoms with Gasteiger partial charge in [0.1, 0.15) is 17.2 Å². The molecule has 2 amide bonds. The zero-order valence-electron chi connectivity index (χ0n) is 29.4. The number of likely N-dealkylation sites (tertiary alicyclic amines) is 1. The lowest BCUT2D eigenvalue weighted by Gasteiger charge is -2.24. The average Bonchev–Trinajstić information content (AvgIpc) is 3.83. The van der Waals surface area contributed by atoms with Crippen LogP contribution < -0.4 is 10.1 Å². The lowest BCUT2D eigenvalue weighted by atomic mass is 9.95. The number of carbonyl (C=O) groups excluding carboxylic acids is 2. The third kappa shape index (κ3) is 7.46. The normalized spacial score (nSPS) is 15.0. The molecule has 0 aliphatic carbocycles. The van der Waals surface area contributed by atoms with Crippen molar-refractivity contribution in [2.24, 2.45) is 0 Å². The molecule has 3 aromatic heterocycles. The highest BCUT2D eigenvalue weighted by molar-refractivity contribution is 5.95. The van der Waals surface area contributed by atoms with Crippen molar-refractivity contribution in [1.29, 1.82) is 0 Å². The molecule has 12 nitrogen and oxygen atoms in total. The summed E-state index contributed by atoms with van der Waals surface area (Å²) in [4.78, 5) is 36.3. The number of hydrogen-bond acceptors (Lipinski definition) is 9. The number of halogens is 1. The summed E-state index contributed by atoms with van der Waals surface area (Å²) in [5, 5.41) is 12.3. The van der Waals surface area contributed by atoms with Crippen molar-refractivity contribution in [3.05, 3.63) is 89.1 Å². The summed E-state index contributed by atoms with van der Waals surface area (Å²) in [7, 11) is 1.62. The van der Waals surface area contributed by atoms with E-state index in [9.17, 15) is 9.59 Å². The molecular weight excluding hydrogens is 641 g/mol. The largest absolute Gasteiger partial charge is 0.497 e. The van der Waals surface area contributed by atoms with Gasteiger partial charge in [0.15, 0.2) is 5.65 Å². The molecule has 1 saturated heterocycles. The summed E-state index contributed by atoms with van der Waals surface area (Å²) < 4.78 is 33.7. The number of nitrogens with one attached hydrogen (secondary N) is 1. The van der Waals surface area contributed by atoms with Gasteiger partial charge in [-0.25, -0.2) is 18.9 Å². The van der Waals surface area contributed by atoms with E-state index in [4.69, 9.17) is 24.1 Å². The Bertz CT molecular complexity index is 2020. The van der Waals surface area contributed by atoms with Gasteiger partial charge in [0.2, 0.25) is 5.89 Å². The highest BCUT2D eigenvalue weighted by Gasteiger charge is 2.34. The molecule has 4 heterocycles. The van der Waals surface area contributed by atoms with Crippen molar-refractivity contribution < 1.29 is 28.0 Å². The second-order valence-corrected chi connectivity index (χ2v) is 14.5. The Kier molecular flexibility index (Phi) is 9.34. The van der Waals surface area contributed by atoms with Crippen LogP contribution in [-0.4, -0.2) is 67.6 Å². The number of ether oxygens (including phenoxy) is 2. The van der Waals surface area contributed by atoms with Crippen LogP contribution in [-0.2, 0) is 23.2 Å². The standard InChI is InChI=1S/C37H42FN7O5/c1-36(2,3)34-41-31(43-50-34)33(46)40-19-24-11-10-23(18-28(24)38)27-14-16-39-32-29(27)30(25-15-17-44(21-25)35(47)49-37(4,5)6)42-45(32)20-22-8-12-26(48-7)13-9-22/h8-14,16,18,25H,15,17,19-21H2,1-7H3,(H,40,46). The van der Waals surface area contributed by atoms with Gasteiger partial charge >= 0.3 is 6.09 Å². The summed E-state index contributed by atoms with van der Waals surface area (Å²) >= 11 is 0. The maximum atomic E-state index is 15.7. The van der Waals surface area contributed by atoms with Crippen molar-refractivity contribution in [2.45, 2.75) is 78.0 Å². The highest BCUT2D eigenvalue weighted by atomic mass is 19.1. The van der Waals surface area contributed by atoms with Gasteiger partial charge in [0, 0.05) is 42.7 Å². The van der Waals surface area contributed by atoms with Gasteiger partial charge in [-0.15, -0.1) is 0 Å². The number of carbonyl (C=O) groups is 2. The molecule has 1 fully saturated rings. The van der Waals surface area contributed by atoms with E-state index in [-0.39, 0.29) is 24.4 Å². The third-order valence-corrected chi connectivity index (χ3v) is 8.45. The Hall–Kier alpha value is -5.33. The van der Waals surface area contributed by atoms with E-state index in [1.54, 1.807) is 24.3 Å². The summed E-state index contributed by atoms with van der Waals surface area (Å²) in [6.07, 6.45) is 2.02. The van der Waals surface area contributed by atoms with Crippen LogP contribution in [0.25, 0.3) is 22.2 Å². The number of nitrogens with zero attached hydrogens (tertiary/aromatic N) is 6. The number of methoxy groups -OCH3 is 1. The first-order valence-corrected chi connectivity index (χ1v) is 16.6. The number of amides is 2. The molecule has 1 N–H and O–H groups in total. The number of hydrogen-bond donors (Lipinski definition) is 1. The molecular formula is C37H42FN7O5. The Morgan fingerprint density at radius 3 is 2.48 bits per heavy atom. The summed E-state index contributed by atoms with van der Waals surface area (Å²) in [5.41, 5.74) is 3.11. The molecule has 0 radical (unpaired) electrons. The van der Waals surface area contributed by atoms with E-state index < -0.39 is 22.7 Å². The molecule has 1 aliphatic heterocycles. The average molecular weight is 684 g/mol. The van der Waals surface area contributed by atoms with Gasteiger partial charge in [0.25, 0.3) is 11.7 Å². The van der Waals surface area contributed by atoms with E-state index in [0.717, 1.165) is 28.0 Å². The van der Waals surface area contributed by atoms with Crippen molar-refractivity contribution >= 4 is 23.0 Å². The van der Waals surface area contributed by atoms with Crippen LogP contribution in [0.3, 0.4) is 0 Å². The van der Waals surface area contributed by atoms with E-state index in [2.05, 4.69) is 15.5 Å². The van der Waals surface area contributed by atoms with Gasteiger partial charge in [-0.2, -0.15) is 10.1 Å². The topological polar surface area (TPSA) is 138 Å². The Morgan fingerprint density at radius 1 is 1.06 bits per heavy atom. The van der Waals surface area contributed by atoms with Crippen molar-refractivity contribution in [3.63, 3.8) is 0 Å². The van der Waals surface area contributed by atoms with E-state index in [1.165, 1.54) is 6.07 Å². The van der Waals surface area contributed by atoms with Crippen molar-refractivity contribution in [3.8, 4) is 16.9 Å². The van der Waals surface area contributed by atoms with E-state index in [0.29, 0.717) is 48.7 Å². The predicted molar refractivity (Wildman–Crippen MR) is 184 cm³/mol. The first kappa shape index (κ1) is 34.5. The fourth-order valence-electron chi connectivity index (χ4n) is 5.88. The van der Waals surface area contributed by atoms with Crippen LogP contribution >= 0.6 is 0 Å². The molecule has 1 aliphatic rings. The quantitative estimate of drug-likeness (QED) is 0.191. The van der Waals surface area contributed by atoms with Gasteiger partial charge in [-0.05, 0) is 68.1 Å². The van der Waals surface area contributed by atoms with Crippen LogP contribution in [0.2, 0.25) is 0 Å². The molecule has 0 saturated carbocycles. The highest BCUT2D eigenvalue weighted by Crippen LogP contribution is 2.38. The number of aromatic nitrogens is 5. The number of benzene rings is 2. The minimum atomic E-state index is -0.610. The SMILES string of the molecule is COc1ccc(Cn2nc(C3CCN(C(=O)OC(C)(C)C)C3)c3c(-c4ccc(CNC(=O)c5noc(C(C)(C)C)n5)c(F)c4)ccnc32)cc1. The fraction of sp³-hybridized carbons (Fsp3) is 0.405. The summed E-state index contributed by atoms with van der Waals surface area (Å²) in [5.74, 6) is -0.155. The molecule has 2 aromatic carbocycles. The maximum Gasteiger partial charge on any atom is 0.410 e. The first-order chi connectivity index (χ1) is 23.7. The number of rotatable bonds is 8. The minimum absolute atomic E-state index is 0.0658. The predicted octanol–water partition coefficient (Wildman–Crippen LogP) is 6.63. The molecule has 6 rings (SSSR count). The zero-order valence-corrected chi connectivity index (χ0v) is 29.4. The van der Waals surface area contributed by atoms with Crippen molar-refractivity contribution in [1.82, 2.24) is 35.1 Å². The van der Waals surface area contributed by atoms with Crippen LogP contribution in [0.1, 0.15) is 87.2 Å². The fourth-order valence-corrected chi connectivity index (χ4v) is 5.88. The molecule has 13 heteroatoms. The first-order valence-electron chi connectivity index (χ1n) is 16.6. The Balaban J connectivity index is 1.31. The maximum absolute atomic E-state index is 15.7. The van der Waals surface area contributed by atoms with Crippen LogP contribution in [0.5, 0.6) is 5.75 Å². The summed E-state index contributed by atoms with van der Waals surface area (Å²) in [6, 6.07) is 14.5. The lowest BCUT2D eigenvalue weighted by molar-refractivity contribution is 0.0292. The van der Waals surface area contributed by atoms with Gasteiger partial charge < -0.3 is 24.2 Å². The van der Waals surface area contributed by atoms with E-state index >= 15 is 4.39 Å². The summed E-state index contributed by atoms with van der Waals surface area (Å²) in [6.45, 7) is 12.6. The van der Waals surface area contributed by atoms with Crippen LogP contribution in [0, 0.1) is 5.82 Å². The molecule has 5 aromatic rings. The Labute approximate surface area is 290 Å². The second kappa shape index (κ2) is 13.5. The van der Waals surface area contributed by atoms with Gasteiger partial charge in [-0.1, -0.05) is 50.2 Å². The Morgan fingerprint density at radius 2 is 1.82 bits per heavy atom. The van der Waals surface area contributed by atoms with Crippen LogP contribution in [0.4, 0.5) is 9.18 Å². The van der Waals surface area contributed by atoms with Crippen molar-refractivity contribution in [2.75, 3.05) is 20.2 Å². The molecule has 1 unspecified atom stereocenters. The molecule has 0 spiro atoms. The molecule has 1 atom stereocenters. The molecule has 262 valence electrons. The van der Waals surface area contributed by atoms with Gasteiger partial charge in [-0.3, -0.25) is 4.79 Å². The second-order valence-electron chi connectivity index (χ2n) is 14.5. The molecule has 50 heavy (non-hydrogen) atoms. The smallest absolute Gasteiger partial charge is 0.410 e. The number of fused-ring (bicyclic) bond motifs is 1. The number of pyridine rings is 1. The third-order valence-electron chi connectivity index (χ3n) is 8.45. The van der Waals surface area contributed by atoms with Crippen LogP contribution in [0.15, 0.2) is 59.3 Å². The lowest BCUT2D eigenvalue weighted by Crippen LogP contribution is -2.35. The van der Waals surface area contributed by atoms with E-state index in [1.807, 2.05) is 82.6 Å².